The van der Waals surface area contributed by atoms with Gasteiger partial charge in [-0.15, -0.1) is 0 Å². The summed E-state index contributed by atoms with van der Waals surface area (Å²) in [6.45, 7) is 11.8. The number of hydrogen-bond acceptors (Lipinski definition) is 2. The van der Waals surface area contributed by atoms with Crippen LogP contribution < -0.4 is 0 Å². The zero-order valence-corrected chi connectivity index (χ0v) is 9.02. The Kier molecular flexibility index (Phi) is 5.51. The molecule has 0 aliphatic rings. The maximum absolute atomic E-state index is 5.56. The third-order valence-corrected chi connectivity index (χ3v) is 1.68. The van der Waals surface area contributed by atoms with Crippen molar-refractivity contribution < 1.29 is 9.47 Å². The Hall–Kier alpha value is -0.0800. The largest absolute Gasteiger partial charge is 0.351 e. The van der Waals surface area contributed by atoms with Crippen molar-refractivity contribution >= 4 is 0 Å². The molecule has 0 saturated heterocycles. The highest BCUT2D eigenvalue weighted by Crippen LogP contribution is 2.22. The van der Waals surface area contributed by atoms with Crippen LogP contribution in [-0.4, -0.2) is 19.0 Å². The lowest BCUT2D eigenvalue weighted by Gasteiger charge is -2.30. The monoisotopic (exact) mass is 174 g/mol. The van der Waals surface area contributed by atoms with Crippen LogP contribution in [0, 0.1) is 5.92 Å². The minimum atomic E-state index is -0.377. The molecule has 0 aliphatic carbocycles. The van der Waals surface area contributed by atoms with E-state index in [1.807, 2.05) is 20.8 Å². The van der Waals surface area contributed by atoms with Gasteiger partial charge in [-0.2, -0.15) is 0 Å². The fraction of sp³-hybridized carbons (Fsp3) is 1.00. The molecule has 0 aliphatic heterocycles. The number of ether oxygens (including phenoxy) is 2. The second-order valence-corrected chi connectivity index (χ2v) is 3.60. The first-order valence-electron chi connectivity index (χ1n) is 4.82. The molecular formula is C10H22O2. The Balaban J connectivity index is 3.98. The summed E-state index contributed by atoms with van der Waals surface area (Å²) in [6.07, 6.45) is 0.953. The van der Waals surface area contributed by atoms with Crippen LogP contribution in [0.4, 0.5) is 0 Å². The molecule has 0 rings (SSSR count). The van der Waals surface area contributed by atoms with Crippen molar-refractivity contribution in [3.8, 4) is 0 Å². The highest BCUT2D eigenvalue weighted by molar-refractivity contribution is 4.65. The lowest BCUT2D eigenvalue weighted by molar-refractivity contribution is -0.229. The molecule has 0 atom stereocenters. The van der Waals surface area contributed by atoms with Crippen LogP contribution in [0.15, 0.2) is 0 Å². The van der Waals surface area contributed by atoms with Gasteiger partial charge < -0.3 is 9.47 Å². The third-order valence-electron chi connectivity index (χ3n) is 1.68. The molecule has 2 heteroatoms. The Morgan fingerprint density at radius 2 is 1.50 bits per heavy atom. The van der Waals surface area contributed by atoms with Gasteiger partial charge in [0.1, 0.15) is 0 Å². The highest BCUT2D eigenvalue weighted by atomic mass is 16.7. The molecule has 0 fully saturated rings. The summed E-state index contributed by atoms with van der Waals surface area (Å²) in [6, 6.07) is 0. The van der Waals surface area contributed by atoms with Crippen LogP contribution in [0.3, 0.4) is 0 Å². The zero-order valence-electron chi connectivity index (χ0n) is 9.02. The maximum atomic E-state index is 5.56. The van der Waals surface area contributed by atoms with Gasteiger partial charge in [0.2, 0.25) is 0 Å². The van der Waals surface area contributed by atoms with E-state index in [-0.39, 0.29) is 5.79 Å². The van der Waals surface area contributed by atoms with Crippen LogP contribution in [0.1, 0.15) is 41.0 Å². The van der Waals surface area contributed by atoms with Gasteiger partial charge in [0.15, 0.2) is 5.79 Å². The molecule has 0 radical (unpaired) electrons. The SMILES string of the molecule is CCOC(C)(CC(C)C)OCC. The quantitative estimate of drug-likeness (QED) is 0.576. The van der Waals surface area contributed by atoms with Crippen molar-refractivity contribution in [2.45, 2.75) is 46.8 Å². The van der Waals surface area contributed by atoms with Gasteiger partial charge in [0, 0.05) is 19.6 Å². The fourth-order valence-electron chi connectivity index (χ4n) is 1.51. The van der Waals surface area contributed by atoms with E-state index in [4.69, 9.17) is 9.47 Å². The van der Waals surface area contributed by atoms with Gasteiger partial charge in [-0.25, -0.2) is 0 Å². The standard InChI is InChI=1S/C10H22O2/c1-6-11-10(5,12-7-2)8-9(3)4/h9H,6-8H2,1-5H3. The molecule has 0 spiro atoms. The normalized spacial score (nSPS) is 12.5. The topological polar surface area (TPSA) is 18.5 Å². The zero-order chi connectivity index (χ0) is 9.61. The molecule has 12 heavy (non-hydrogen) atoms. The van der Waals surface area contributed by atoms with E-state index in [2.05, 4.69) is 13.8 Å². The minimum absolute atomic E-state index is 0.377. The van der Waals surface area contributed by atoms with E-state index in [1.165, 1.54) is 0 Å². The average molecular weight is 174 g/mol. The van der Waals surface area contributed by atoms with Crippen molar-refractivity contribution in [2.75, 3.05) is 13.2 Å². The molecule has 0 unspecified atom stereocenters. The van der Waals surface area contributed by atoms with E-state index >= 15 is 0 Å². The van der Waals surface area contributed by atoms with Crippen LogP contribution >= 0.6 is 0 Å². The summed E-state index contributed by atoms with van der Waals surface area (Å²) < 4.78 is 11.1. The van der Waals surface area contributed by atoms with E-state index in [9.17, 15) is 0 Å². The molecule has 0 amide bonds. The molecule has 74 valence electrons. The summed E-state index contributed by atoms with van der Waals surface area (Å²) in [5.74, 6) is 0.227. The Labute approximate surface area is 76.3 Å². The molecule has 0 bridgehead atoms. The number of hydrogen-bond donors (Lipinski definition) is 0. The van der Waals surface area contributed by atoms with E-state index in [0.29, 0.717) is 19.1 Å². The van der Waals surface area contributed by atoms with Gasteiger partial charge in [-0.3, -0.25) is 0 Å². The first kappa shape index (κ1) is 11.9. The predicted molar refractivity (Wildman–Crippen MR) is 51.1 cm³/mol. The average Bonchev–Trinajstić information content (AvgIpc) is 1.85. The first-order valence-corrected chi connectivity index (χ1v) is 4.82. The van der Waals surface area contributed by atoms with Crippen molar-refractivity contribution in [3.05, 3.63) is 0 Å². The lowest BCUT2D eigenvalue weighted by atomic mass is 10.0. The van der Waals surface area contributed by atoms with Crippen molar-refractivity contribution in [2.24, 2.45) is 5.92 Å². The lowest BCUT2D eigenvalue weighted by Crippen LogP contribution is -2.34. The van der Waals surface area contributed by atoms with Crippen molar-refractivity contribution in [1.29, 1.82) is 0 Å². The molecule has 0 saturated carbocycles. The molecule has 0 aromatic carbocycles. The Morgan fingerprint density at radius 1 is 1.08 bits per heavy atom. The van der Waals surface area contributed by atoms with Crippen LogP contribution in [0.5, 0.6) is 0 Å². The van der Waals surface area contributed by atoms with Gasteiger partial charge in [0.25, 0.3) is 0 Å². The maximum Gasteiger partial charge on any atom is 0.165 e. The summed E-state index contributed by atoms with van der Waals surface area (Å²) in [7, 11) is 0. The summed E-state index contributed by atoms with van der Waals surface area (Å²) in [4.78, 5) is 0. The van der Waals surface area contributed by atoms with E-state index in [0.717, 1.165) is 6.42 Å². The van der Waals surface area contributed by atoms with Gasteiger partial charge in [-0.05, 0) is 26.7 Å². The predicted octanol–water partition coefficient (Wildman–Crippen LogP) is 2.82. The van der Waals surface area contributed by atoms with Crippen molar-refractivity contribution in [3.63, 3.8) is 0 Å². The molecule has 0 N–H and O–H groups in total. The van der Waals surface area contributed by atoms with Crippen molar-refractivity contribution in [1.82, 2.24) is 0 Å². The minimum Gasteiger partial charge on any atom is -0.351 e. The fourth-order valence-corrected chi connectivity index (χ4v) is 1.51. The molecule has 0 aromatic rings. The molecular weight excluding hydrogens is 152 g/mol. The molecule has 2 nitrogen and oxygen atoms in total. The van der Waals surface area contributed by atoms with Crippen LogP contribution in [0.2, 0.25) is 0 Å². The Bertz CT molecular complexity index is 104. The highest BCUT2D eigenvalue weighted by Gasteiger charge is 2.25. The number of rotatable bonds is 6. The third kappa shape index (κ3) is 4.73. The summed E-state index contributed by atoms with van der Waals surface area (Å²) in [5.41, 5.74) is 0. The van der Waals surface area contributed by atoms with Gasteiger partial charge in [-0.1, -0.05) is 13.8 Å². The first-order chi connectivity index (χ1) is 5.54. The van der Waals surface area contributed by atoms with Crippen LogP contribution in [0.25, 0.3) is 0 Å². The molecule has 0 aromatic heterocycles. The van der Waals surface area contributed by atoms with E-state index < -0.39 is 0 Å². The van der Waals surface area contributed by atoms with Gasteiger partial charge >= 0.3 is 0 Å². The van der Waals surface area contributed by atoms with Crippen LogP contribution in [-0.2, 0) is 9.47 Å². The smallest absolute Gasteiger partial charge is 0.165 e. The second kappa shape index (κ2) is 5.55. The van der Waals surface area contributed by atoms with Gasteiger partial charge in [0.05, 0.1) is 0 Å². The van der Waals surface area contributed by atoms with E-state index in [1.54, 1.807) is 0 Å². The Morgan fingerprint density at radius 3 is 1.75 bits per heavy atom. The summed E-state index contributed by atoms with van der Waals surface area (Å²) >= 11 is 0. The molecule has 0 heterocycles. The second-order valence-electron chi connectivity index (χ2n) is 3.60. The summed E-state index contributed by atoms with van der Waals surface area (Å²) in [5, 5.41) is 0.